The lowest BCUT2D eigenvalue weighted by molar-refractivity contribution is 0.565. The zero-order valence-corrected chi connectivity index (χ0v) is 29.3. The van der Waals surface area contributed by atoms with Crippen LogP contribution in [0.2, 0.25) is 0 Å². The third kappa shape index (κ3) is 6.17. The minimum absolute atomic E-state index is 0.819. The molecule has 10 rings (SSSR count). The minimum Gasteiger partial charge on any atom is -0.456 e. The first kappa shape index (κ1) is 32.2. The molecule has 1 aliphatic rings. The zero-order chi connectivity index (χ0) is 35.6. The number of para-hydroxylation sites is 1. The molecule has 0 aliphatic heterocycles. The summed E-state index contributed by atoms with van der Waals surface area (Å²) < 4.78 is 12.8. The first-order valence-electron chi connectivity index (χ1n) is 18.2. The highest BCUT2D eigenvalue weighted by molar-refractivity contribution is 6.19. The Morgan fingerprint density at radius 2 is 1.15 bits per heavy atom. The molecule has 1 aliphatic carbocycles. The molecule has 254 valence electrons. The van der Waals surface area contributed by atoms with Gasteiger partial charge < -0.3 is 14.2 Å². The Hall–Kier alpha value is -6.71. The Kier molecular flexibility index (Phi) is 8.59. The second-order valence-corrected chi connectivity index (χ2v) is 13.5. The summed E-state index contributed by atoms with van der Waals surface area (Å²) in [5, 5.41) is 12.6. The van der Waals surface area contributed by atoms with Crippen molar-refractivity contribution in [3.8, 4) is 33.4 Å². The maximum Gasteiger partial charge on any atom is 0.143 e. The van der Waals surface area contributed by atoms with Crippen LogP contribution in [0.5, 0.6) is 0 Å². The Morgan fingerprint density at radius 1 is 0.528 bits per heavy atom. The molecule has 7 aromatic carbocycles. The van der Waals surface area contributed by atoms with Gasteiger partial charge in [0.25, 0.3) is 0 Å². The van der Waals surface area contributed by atoms with E-state index in [1.54, 1.807) is 0 Å². The molecule has 0 unspecified atom stereocenters. The summed E-state index contributed by atoms with van der Waals surface area (Å²) in [4.78, 5) is 0. The van der Waals surface area contributed by atoms with Gasteiger partial charge >= 0.3 is 0 Å². The van der Waals surface area contributed by atoms with E-state index in [4.69, 9.17) is 14.2 Å². The van der Waals surface area contributed by atoms with Crippen LogP contribution in [-0.4, -0.2) is 6.21 Å². The molecule has 3 heteroatoms. The average Bonchev–Trinajstić information content (AvgIpc) is 3.82. The summed E-state index contributed by atoms with van der Waals surface area (Å²) in [7, 11) is 0. The molecule has 0 fully saturated rings. The Bertz CT molecular complexity index is 2850. The first-order valence-corrected chi connectivity index (χ1v) is 18.2. The van der Waals surface area contributed by atoms with Gasteiger partial charge in [0.2, 0.25) is 0 Å². The van der Waals surface area contributed by atoms with Gasteiger partial charge in [0.05, 0.1) is 0 Å². The van der Waals surface area contributed by atoms with Crippen molar-refractivity contribution < 1.29 is 8.83 Å². The molecule has 0 amide bonds. The predicted octanol–water partition coefficient (Wildman–Crippen LogP) is 12.0. The highest BCUT2D eigenvalue weighted by Crippen LogP contribution is 2.43. The smallest absolute Gasteiger partial charge is 0.143 e. The number of rotatable bonds is 6. The van der Waals surface area contributed by atoms with Crippen molar-refractivity contribution in [2.75, 3.05) is 0 Å². The first-order chi connectivity index (χ1) is 26.2. The SMILES string of the molecule is C1=c2c(oc3ccccc23)=C(Cc2ccccc2)CC1.N=Cc1ccc(-c2ccccc2)c2oc3c(-c4ccccc4)cc(-c4ccccc4)cc3c12. The lowest BCUT2D eigenvalue weighted by Gasteiger charge is -2.08. The number of fused-ring (bicyclic) bond motifs is 6. The molecule has 9 aromatic rings. The molecule has 0 atom stereocenters. The van der Waals surface area contributed by atoms with E-state index in [9.17, 15) is 0 Å². The van der Waals surface area contributed by atoms with Crippen molar-refractivity contribution in [1.82, 2.24) is 0 Å². The van der Waals surface area contributed by atoms with E-state index in [1.807, 2.05) is 42.5 Å². The molecule has 2 heterocycles. The topological polar surface area (TPSA) is 50.1 Å². The normalized spacial score (nSPS) is 12.3. The van der Waals surface area contributed by atoms with E-state index in [0.717, 1.165) is 91.1 Å². The van der Waals surface area contributed by atoms with Gasteiger partial charge in [-0.1, -0.05) is 152 Å². The van der Waals surface area contributed by atoms with Crippen LogP contribution in [0.3, 0.4) is 0 Å². The molecule has 2 aromatic heterocycles. The van der Waals surface area contributed by atoms with E-state index in [-0.39, 0.29) is 0 Å². The number of hydrogen-bond acceptors (Lipinski definition) is 3. The van der Waals surface area contributed by atoms with Crippen molar-refractivity contribution in [2.45, 2.75) is 19.3 Å². The van der Waals surface area contributed by atoms with Crippen molar-refractivity contribution in [3.05, 3.63) is 192 Å². The number of benzene rings is 7. The van der Waals surface area contributed by atoms with E-state index in [2.05, 4.69) is 133 Å². The van der Waals surface area contributed by atoms with Gasteiger partial charge in [-0.05, 0) is 76.9 Å². The summed E-state index contributed by atoms with van der Waals surface area (Å²) in [6.45, 7) is 0. The molecule has 0 radical (unpaired) electrons. The fraction of sp³-hybridized carbons (Fsp3) is 0.0600. The maximum atomic E-state index is 8.08. The number of hydrogen-bond donors (Lipinski definition) is 1. The van der Waals surface area contributed by atoms with Crippen LogP contribution in [0.1, 0.15) is 24.0 Å². The van der Waals surface area contributed by atoms with Crippen LogP contribution in [0.4, 0.5) is 0 Å². The molecular formula is C50H37NO2. The van der Waals surface area contributed by atoms with Crippen LogP contribution >= 0.6 is 0 Å². The summed E-state index contributed by atoms with van der Waals surface area (Å²) in [6.07, 6.45) is 6.93. The van der Waals surface area contributed by atoms with Gasteiger partial charge in [0, 0.05) is 44.3 Å². The van der Waals surface area contributed by atoms with Crippen molar-refractivity contribution >= 4 is 50.8 Å². The molecular weight excluding hydrogens is 647 g/mol. The summed E-state index contributed by atoms with van der Waals surface area (Å²) in [5.41, 5.74) is 14.0. The molecule has 1 N–H and O–H groups in total. The zero-order valence-electron chi connectivity index (χ0n) is 29.3. The lowest BCUT2D eigenvalue weighted by atomic mass is 9.94. The standard InChI is InChI=1S/C31H21NO.C19H16O/c32-20-24-16-17-26(22-12-6-2-7-13-22)31-29(24)28-19-25(21-10-4-1-5-11-21)18-27(30(28)33-31)23-14-8-3-9-15-23;1-2-7-14(8-3-1)13-15-9-6-11-17-16-10-4-5-12-18(16)20-19(15)17/h1-20,32H;1-5,7-8,10-12H,6,9,13H2. The second kappa shape index (κ2) is 14.1. The third-order valence-corrected chi connectivity index (χ3v) is 10.2. The lowest BCUT2D eigenvalue weighted by Crippen LogP contribution is -2.26. The van der Waals surface area contributed by atoms with E-state index >= 15 is 0 Å². The van der Waals surface area contributed by atoms with Gasteiger partial charge in [-0.2, -0.15) is 0 Å². The second-order valence-electron chi connectivity index (χ2n) is 13.5. The van der Waals surface area contributed by atoms with Crippen molar-refractivity contribution in [3.63, 3.8) is 0 Å². The Balaban J connectivity index is 0.000000158. The molecule has 53 heavy (non-hydrogen) atoms. The molecule has 0 saturated carbocycles. The molecule has 3 nitrogen and oxygen atoms in total. The third-order valence-electron chi connectivity index (χ3n) is 10.2. The van der Waals surface area contributed by atoms with E-state index in [0.29, 0.717) is 0 Å². The van der Waals surface area contributed by atoms with Gasteiger partial charge in [-0.25, -0.2) is 0 Å². The quantitative estimate of drug-likeness (QED) is 0.177. The monoisotopic (exact) mass is 683 g/mol. The van der Waals surface area contributed by atoms with Crippen LogP contribution in [0.15, 0.2) is 179 Å². The molecule has 0 bridgehead atoms. The Morgan fingerprint density at radius 3 is 1.85 bits per heavy atom. The average molecular weight is 684 g/mol. The van der Waals surface area contributed by atoms with Crippen LogP contribution < -0.4 is 10.6 Å². The van der Waals surface area contributed by atoms with Gasteiger partial charge in [0.1, 0.15) is 22.2 Å². The largest absolute Gasteiger partial charge is 0.456 e. The minimum atomic E-state index is 0.819. The molecule has 0 saturated heterocycles. The van der Waals surface area contributed by atoms with Gasteiger partial charge in [0.15, 0.2) is 0 Å². The number of nitrogens with one attached hydrogen (secondary N) is 1. The van der Waals surface area contributed by atoms with Gasteiger partial charge in [-0.15, -0.1) is 0 Å². The van der Waals surface area contributed by atoms with Gasteiger partial charge in [-0.3, -0.25) is 0 Å². The van der Waals surface area contributed by atoms with Crippen LogP contribution in [0.25, 0.3) is 77.9 Å². The van der Waals surface area contributed by atoms with Crippen LogP contribution in [0, 0.1) is 5.41 Å². The van der Waals surface area contributed by atoms with Crippen molar-refractivity contribution in [2.24, 2.45) is 0 Å². The van der Waals surface area contributed by atoms with E-state index in [1.165, 1.54) is 28.0 Å². The maximum absolute atomic E-state index is 8.08. The summed E-state index contributed by atoms with van der Waals surface area (Å²) in [6, 6.07) is 58.5. The predicted molar refractivity (Wildman–Crippen MR) is 221 cm³/mol. The Labute approximate surface area is 308 Å². The number of furan rings is 2. The molecule has 0 spiro atoms. The summed E-state index contributed by atoms with van der Waals surface area (Å²) >= 11 is 0. The highest BCUT2D eigenvalue weighted by atomic mass is 16.3. The fourth-order valence-electron chi connectivity index (χ4n) is 7.65. The van der Waals surface area contributed by atoms with Crippen LogP contribution in [-0.2, 0) is 6.42 Å². The summed E-state index contributed by atoms with van der Waals surface area (Å²) in [5.74, 6) is 0. The van der Waals surface area contributed by atoms with E-state index < -0.39 is 0 Å². The van der Waals surface area contributed by atoms with Crippen molar-refractivity contribution in [1.29, 1.82) is 5.41 Å². The highest BCUT2D eigenvalue weighted by Gasteiger charge is 2.20. The fourth-order valence-corrected chi connectivity index (χ4v) is 7.65.